The molecule has 23 nitrogen and oxygen atoms in total. The minimum atomic E-state index is -3.07. The van der Waals surface area contributed by atoms with Gasteiger partial charge in [0.05, 0.1) is 42.9 Å². The number of hydrogen-bond acceptors (Lipinski definition) is 21. The first kappa shape index (κ1) is 44.4. The molecule has 24 heteroatoms. The van der Waals surface area contributed by atoms with Gasteiger partial charge in [-0.15, -0.1) is 0 Å². The minimum Gasteiger partial charge on any atom is -0.477 e. The number of carbonyl (C=O) groups excluding carboxylic acids is 1. The number of carbonyl (C=O) groups is 2. The van der Waals surface area contributed by atoms with Crippen molar-refractivity contribution in [3.05, 3.63) is 0 Å². The number of ether oxygens (including phenoxy) is 7. The minimum absolute atomic E-state index is 0.764. The Morgan fingerprint density at radius 1 is 0.830 bits per heavy atom. The molecule has 308 valence electrons. The summed E-state index contributed by atoms with van der Waals surface area (Å²) in [5.74, 6) is -5.83. The molecule has 21 atom stereocenters. The quantitative estimate of drug-likeness (QED) is 0.0766. The van der Waals surface area contributed by atoms with Crippen molar-refractivity contribution in [3.8, 4) is 0 Å². The van der Waals surface area contributed by atoms with Crippen LogP contribution in [0, 0.1) is 0 Å². The molecule has 0 bridgehead atoms. The number of carboxylic acid groups (broad SMARTS) is 1. The Morgan fingerprint density at radius 2 is 1.43 bits per heavy atom. The number of nitrogens with one attached hydrogen (secondary N) is 1. The normalized spacial score (nSPS) is 47.8. The van der Waals surface area contributed by atoms with E-state index in [1.54, 1.807) is 0 Å². The molecule has 4 rings (SSSR count). The summed E-state index contributed by atoms with van der Waals surface area (Å²) in [7, 11) is 0. The van der Waals surface area contributed by atoms with Crippen molar-refractivity contribution in [3.63, 3.8) is 0 Å². The summed E-state index contributed by atoms with van der Waals surface area (Å²) in [6.07, 6.45) is -33.4. The number of rotatable bonds is 13. The highest BCUT2D eigenvalue weighted by Crippen LogP contribution is 2.39. The van der Waals surface area contributed by atoms with Gasteiger partial charge in [0.25, 0.3) is 5.79 Å². The molecule has 4 heterocycles. The lowest BCUT2D eigenvalue weighted by atomic mass is 9.88. The average molecular weight is 843 g/mol. The number of hydrogen-bond donors (Lipinski definition) is 14. The molecule has 0 aromatic heterocycles. The number of amides is 1. The van der Waals surface area contributed by atoms with E-state index in [1.165, 1.54) is 6.92 Å². The Labute approximate surface area is 309 Å². The molecular formula is C29H48BrNO22. The van der Waals surface area contributed by atoms with Crippen molar-refractivity contribution < 1.29 is 109 Å². The van der Waals surface area contributed by atoms with E-state index in [0.29, 0.717) is 0 Å². The van der Waals surface area contributed by atoms with Gasteiger partial charge in [-0.25, -0.2) is 4.79 Å². The fourth-order valence-corrected chi connectivity index (χ4v) is 7.11. The second-order valence-electron chi connectivity index (χ2n) is 13.2. The summed E-state index contributed by atoms with van der Waals surface area (Å²) in [5, 5.41) is 138. The van der Waals surface area contributed by atoms with Gasteiger partial charge in [-0.2, -0.15) is 0 Å². The Balaban J connectivity index is 1.66. The van der Waals surface area contributed by atoms with E-state index in [1.807, 2.05) is 0 Å². The first-order valence-electron chi connectivity index (χ1n) is 16.5. The summed E-state index contributed by atoms with van der Waals surface area (Å²) < 4.78 is 39.5. The molecule has 4 saturated heterocycles. The molecule has 4 aliphatic heterocycles. The highest BCUT2D eigenvalue weighted by atomic mass is 79.9. The molecular weight excluding hydrogens is 794 g/mol. The van der Waals surface area contributed by atoms with Crippen molar-refractivity contribution in [1.29, 1.82) is 0 Å². The topological polar surface area (TPSA) is 374 Å². The number of aliphatic hydroxyl groups excluding tert-OH is 12. The molecule has 1 unspecified atom stereocenters. The first-order valence-corrected chi connectivity index (χ1v) is 17.5. The fourth-order valence-electron chi connectivity index (χ4n) is 6.56. The van der Waals surface area contributed by atoms with Crippen LogP contribution in [0.2, 0.25) is 0 Å². The van der Waals surface area contributed by atoms with Crippen LogP contribution in [0.1, 0.15) is 20.3 Å². The predicted molar refractivity (Wildman–Crippen MR) is 168 cm³/mol. The standard InChI is InChI=1S/C29H48BrNO22/c1-7-15(38)18(41)19(42)26(47-7)51-22-13(30)25(44)48-12(6-34)21(22)50-27-20(43)24(17(40)11(5-33)49-27)53-29(28(45)46)3-9(36)14(31-8(2)35)23(52-29)16(39)10(37)4-32/h7,9-27,32-34,36-44H,3-6H2,1-2H3,(H,31,35)(H,45,46)/t7-,9-,10+,11+,12+,13-,14+,15+,16+,17-,18+,19-,20+,21+,22+,23+,24-,25?,26-,27-,29-/m0/s1. The van der Waals surface area contributed by atoms with Crippen LogP contribution in [0.4, 0.5) is 0 Å². The molecule has 0 aliphatic carbocycles. The van der Waals surface area contributed by atoms with Crippen molar-refractivity contribution in [2.45, 2.75) is 147 Å². The second kappa shape index (κ2) is 18.3. The SMILES string of the molecule is CC(=O)N[C@H]1[C@H]([C@H](O)[C@H](O)CO)O[C@@](O[C@H]2[C@@H](O)[C@@H](CO)O[C@@H](O[C@H]3[C@H](O[C@@H]4O[C@@H](C)[C@@H](O)[C@@H](O)[C@@H]4O)[C@H](Br)C(O)O[C@@H]3CO)[C@@H]2O)(C(=O)O)C[C@@H]1O. The Morgan fingerprint density at radius 3 is 2.00 bits per heavy atom. The zero-order valence-corrected chi connectivity index (χ0v) is 29.8. The van der Waals surface area contributed by atoms with Crippen LogP contribution in [-0.4, -0.2) is 225 Å². The molecule has 4 aliphatic rings. The predicted octanol–water partition coefficient (Wildman–Crippen LogP) is -7.97. The average Bonchev–Trinajstić information content (AvgIpc) is 3.11. The Bertz CT molecular complexity index is 1230. The summed E-state index contributed by atoms with van der Waals surface area (Å²) >= 11 is 3.18. The third-order valence-electron chi connectivity index (χ3n) is 9.50. The Kier molecular flexibility index (Phi) is 15.3. The van der Waals surface area contributed by atoms with Crippen LogP contribution in [-0.2, 0) is 42.7 Å². The van der Waals surface area contributed by atoms with E-state index in [4.69, 9.17) is 33.2 Å². The zero-order chi connectivity index (χ0) is 39.7. The van der Waals surface area contributed by atoms with E-state index in [0.717, 1.165) is 6.92 Å². The van der Waals surface area contributed by atoms with Crippen molar-refractivity contribution in [1.82, 2.24) is 5.32 Å². The van der Waals surface area contributed by atoms with Crippen LogP contribution in [0.15, 0.2) is 0 Å². The monoisotopic (exact) mass is 841 g/mol. The number of carboxylic acids is 1. The summed E-state index contributed by atoms with van der Waals surface area (Å²) in [6.45, 7) is -0.549. The first-order chi connectivity index (χ1) is 24.8. The number of alkyl halides is 1. The van der Waals surface area contributed by atoms with Gasteiger partial charge in [0, 0.05) is 13.3 Å². The van der Waals surface area contributed by atoms with Gasteiger partial charge in [0.2, 0.25) is 5.91 Å². The van der Waals surface area contributed by atoms with Gasteiger partial charge in [-0.05, 0) is 6.92 Å². The van der Waals surface area contributed by atoms with E-state index in [-0.39, 0.29) is 0 Å². The lowest BCUT2D eigenvalue weighted by Crippen LogP contribution is -2.71. The van der Waals surface area contributed by atoms with Gasteiger partial charge in [-0.1, -0.05) is 15.9 Å². The summed E-state index contributed by atoms with van der Waals surface area (Å²) in [5.41, 5.74) is 0. The van der Waals surface area contributed by atoms with Crippen LogP contribution < -0.4 is 5.32 Å². The Hall–Kier alpha value is -1.34. The van der Waals surface area contributed by atoms with Crippen molar-refractivity contribution >= 4 is 27.8 Å². The molecule has 0 spiro atoms. The molecule has 0 saturated carbocycles. The van der Waals surface area contributed by atoms with Crippen LogP contribution in [0.25, 0.3) is 0 Å². The molecule has 0 radical (unpaired) electrons. The third kappa shape index (κ3) is 9.29. The maximum atomic E-state index is 12.8. The summed E-state index contributed by atoms with van der Waals surface area (Å²) in [6, 6.07) is -1.57. The molecule has 0 aromatic carbocycles. The fraction of sp³-hybridized carbons (Fsp3) is 0.931. The molecule has 4 fully saturated rings. The second-order valence-corrected chi connectivity index (χ2v) is 14.3. The van der Waals surface area contributed by atoms with Crippen LogP contribution in [0.3, 0.4) is 0 Å². The van der Waals surface area contributed by atoms with E-state index in [2.05, 4.69) is 21.2 Å². The van der Waals surface area contributed by atoms with Gasteiger partial charge in [0.15, 0.2) is 18.9 Å². The van der Waals surface area contributed by atoms with E-state index < -0.39 is 165 Å². The molecule has 53 heavy (non-hydrogen) atoms. The highest BCUT2D eigenvalue weighted by Gasteiger charge is 2.60. The van der Waals surface area contributed by atoms with Gasteiger partial charge in [0.1, 0.15) is 79.4 Å². The van der Waals surface area contributed by atoms with Crippen LogP contribution in [0.5, 0.6) is 0 Å². The smallest absolute Gasteiger partial charge is 0.364 e. The van der Waals surface area contributed by atoms with Gasteiger partial charge in [-0.3, -0.25) is 4.79 Å². The maximum absolute atomic E-state index is 12.8. The van der Waals surface area contributed by atoms with Gasteiger partial charge < -0.3 is 105 Å². The zero-order valence-electron chi connectivity index (χ0n) is 28.2. The van der Waals surface area contributed by atoms with E-state index >= 15 is 0 Å². The van der Waals surface area contributed by atoms with E-state index in [9.17, 15) is 76.0 Å². The molecule has 14 N–H and O–H groups in total. The molecule has 0 aromatic rings. The largest absolute Gasteiger partial charge is 0.477 e. The lowest BCUT2D eigenvalue weighted by molar-refractivity contribution is -0.387. The lowest BCUT2D eigenvalue weighted by Gasteiger charge is -2.51. The number of aliphatic hydroxyl groups is 12. The third-order valence-corrected chi connectivity index (χ3v) is 10.5. The number of halogens is 1. The van der Waals surface area contributed by atoms with Crippen LogP contribution >= 0.6 is 15.9 Å². The summed E-state index contributed by atoms with van der Waals surface area (Å²) in [4.78, 5) is 23.4. The van der Waals surface area contributed by atoms with Gasteiger partial charge >= 0.3 is 5.97 Å². The maximum Gasteiger partial charge on any atom is 0.364 e. The highest BCUT2D eigenvalue weighted by molar-refractivity contribution is 9.09. The van der Waals surface area contributed by atoms with Crippen molar-refractivity contribution in [2.75, 3.05) is 19.8 Å². The molecule has 1 amide bonds. The number of aliphatic carboxylic acids is 1. The van der Waals surface area contributed by atoms with Crippen molar-refractivity contribution in [2.24, 2.45) is 0 Å².